The van der Waals surface area contributed by atoms with E-state index in [0.29, 0.717) is 0 Å². The van der Waals surface area contributed by atoms with Crippen LogP contribution < -0.4 is 5.32 Å². The van der Waals surface area contributed by atoms with Gasteiger partial charge < -0.3 is 5.32 Å². The molecule has 0 atom stereocenters. The van der Waals surface area contributed by atoms with Gasteiger partial charge in [0.05, 0.1) is 0 Å². The molecule has 4 nitrogen and oxygen atoms in total. The molecule has 0 aliphatic carbocycles. The predicted molar refractivity (Wildman–Crippen MR) is 60.8 cm³/mol. The van der Waals surface area contributed by atoms with Crippen LogP contribution in [0.4, 0.5) is 0 Å². The first-order valence-corrected chi connectivity index (χ1v) is 5.82. The molecule has 1 saturated heterocycles. The molecule has 0 saturated carbocycles. The number of hydrogen-bond acceptors (Lipinski definition) is 3. The largest absolute Gasteiger partial charge is 0.316 e. The Morgan fingerprint density at radius 2 is 2.33 bits per heavy atom. The molecule has 0 radical (unpaired) electrons. The zero-order valence-electron chi connectivity index (χ0n) is 8.15. The van der Waals surface area contributed by atoms with Gasteiger partial charge in [-0.3, -0.25) is 4.40 Å². The molecule has 3 heterocycles. The quantitative estimate of drug-likeness (QED) is 0.890. The Bertz CT molecular complexity index is 489. The monoisotopic (exact) mass is 266 g/mol. The molecule has 1 N–H and O–H groups in total. The van der Waals surface area contributed by atoms with Crippen LogP contribution in [-0.2, 0) is 6.42 Å². The van der Waals surface area contributed by atoms with Crippen molar-refractivity contribution in [2.75, 3.05) is 13.1 Å². The summed E-state index contributed by atoms with van der Waals surface area (Å²) in [5.74, 6) is 1.78. The fraction of sp³-hybridized carbons (Fsp3) is 0.400. The minimum Gasteiger partial charge on any atom is -0.316 e. The number of nitrogens with one attached hydrogen (secondary N) is 1. The lowest BCUT2D eigenvalue weighted by Gasteiger charge is -2.26. The molecule has 0 unspecified atom stereocenters. The summed E-state index contributed by atoms with van der Waals surface area (Å²) >= 11 is 3.43. The second-order valence-corrected chi connectivity index (χ2v) is 4.83. The third-order valence-corrected chi connectivity index (χ3v) is 3.27. The van der Waals surface area contributed by atoms with Crippen molar-refractivity contribution < 1.29 is 0 Å². The van der Waals surface area contributed by atoms with Crippen LogP contribution in [0.5, 0.6) is 0 Å². The van der Waals surface area contributed by atoms with Gasteiger partial charge >= 0.3 is 0 Å². The van der Waals surface area contributed by atoms with E-state index in [-0.39, 0.29) is 0 Å². The first kappa shape index (κ1) is 9.30. The Kier molecular flexibility index (Phi) is 2.21. The number of fused-ring (bicyclic) bond motifs is 1. The Balaban J connectivity index is 1.96. The van der Waals surface area contributed by atoms with Crippen molar-refractivity contribution >= 4 is 21.6 Å². The molecule has 5 heteroatoms. The predicted octanol–water partition coefficient (Wildman–Crippen LogP) is 1.25. The molecule has 0 spiro atoms. The maximum absolute atomic E-state index is 4.22. The standard InChI is InChI=1S/C10H11BrN4/c11-8-1-2-15-9(3-7-5-12-6-7)13-14-10(15)4-8/h1-2,4,7,12H,3,5-6H2. The molecule has 0 aromatic carbocycles. The topological polar surface area (TPSA) is 42.2 Å². The van der Waals surface area contributed by atoms with Gasteiger partial charge in [-0.1, -0.05) is 15.9 Å². The number of rotatable bonds is 2. The van der Waals surface area contributed by atoms with Crippen LogP contribution in [0.25, 0.3) is 5.65 Å². The van der Waals surface area contributed by atoms with Crippen molar-refractivity contribution in [3.63, 3.8) is 0 Å². The van der Waals surface area contributed by atoms with Gasteiger partial charge in [0.1, 0.15) is 5.82 Å². The summed E-state index contributed by atoms with van der Waals surface area (Å²) in [6, 6.07) is 3.99. The molecule has 2 aromatic heterocycles. The Morgan fingerprint density at radius 3 is 3.07 bits per heavy atom. The zero-order valence-corrected chi connectivity index (χ0v) is 9.74. The van der Waals surface area contributed by atoms with E-state index in [2.05, 4.69) is 35.8 Å². The van der Waals surface area contributed by atoms with Gasteiger partial charge in [-0.05, 0) is 31.1 Å². The highest BCUT2D eigenvalue weighted by molar-refractivity contribution is 9.10. The molecule has 1 aliphatic rings. The summed E-state index contributed by atoms with van der Waals surface area (Å²) in [6.07, 6.45) is 3.02. The van der Waals surface area contributed by atoms with Gasteiger partial charge in [-0.15, -0.1) is 10.2 Å². The van der Waals surface area contributed by atoms with Crippen molar-refractivity contribution in [1.29, 1.82) is 0 Å². The molecule has 0 amide bonds. The van der Waals surface area contributed by atoms with Gasteiger partial charge in [0, 0.05) is 17.1 Å². The summed E-state index contributed by atoms with van der Waals surface area (Å²) < 4.78 is 3.10. The summed E-state index contributed by atoms with van der Waals surface area (Å²) in [5.41, 5.74) is 0.909. The third-order valence-electron chi connectivity index (χ3n) is 2.78. The normalized spacial score (nSPS) is 16.9. The van der Waals surface area contributed by atoms with Crippen LogP contribution >= 0.6 is 15.9 Å². The summed E-state index contributed by atoms with van der Waals surface area (Å²) in [6.45, 7) is 2.21. The van der Waals surface area contributed by atoms with E-state index < -0.39 is 0 Å². The molecule has 1 aliphatic heterocycles. The lowest BCUT2D eigenvalue weighted by Crippen LogP contribution is -2.43. The van der Waals surface area contributed by atoms with Crippen molar-refractivity contribution in [1.82, 2.24) is 19.9 Å². The Morgan fingerprint density at radius 1 is 1.47 bits per heavy atom. The van der Waals surface area contributed by atoms with Gasteiger partial charge in [0.15, 0.2) is 5.65 Å². The minimum absolute atomic E-state index is 0.723. The summed E-state index contributed by atoms with van der Waals surface area (Å²) in [5, 5.41) is 11.6. The molecule has 0 bridgehead atoms. The van der Waals surface area contributed by atoms with E-state index in [1.165, 1.54) is 0 Å². The number of hydrogen-bond donors (Lipinski definition) is 1. The minimum atomic E-state index is 0.723. The average Bonchev–Trinajstić information content (AvgIpc) is 2.54. The highest BCUT2D eigenvalue weighted by Crippen LogP contribution is 2.15. The maximum atomic E-state index is 4.22. The first-order chi connectivity index (χ1) is 7.33. The van der Waals surface area contributed by atoms with E-state index in [0.717, 1.165) is 41.4 Å². The Hall–Kier alpha value is -0.940. The SMILES string of the molecule is Brc1ccn2c(CC3CNC3)nnc2c1. The van der Waals surface area contributed by atoms with Crippen LogP contribution in [0, 0.1) is 5.92 Å². The van der Waals surface area contributed by atoms with Crippen molar-refractivity contribution in [2.24, 2.45) is 5.92 Å². The van der Waals surface area contributed by atoms with Crippen LogP contribution in [0.15, 0.2) is 22.8 Å². The number of nitrogens with zero attached hydrogens (tertiary/aromatic N) is 3. The lowest BCUT2D eigenvalue weighted by atomic mass is 9.99. The maximum Gasteiger partial charge on any atom is 0.161 e. The number of pyridine rings is 1. The van der Waals surface area contributed by atoms with Crippen LogP contribution in [0.3, 0.4) is 0 Å². The van der Waals surface area contributed by atoms with Crippen molar-refractivity contribution in [3.05, 3.63) is 28.6 Å². The second-order valence-electron chi connectivity index (χ2n) is 3.92. The summed E-state index contributed by atoms with van der Waals surface area (Å²) in [7, 11) is 0. The molecule has 15 heavy (non-hydrogen) atoms. The van der Waals surface area contributed by atoms with Crippen molar-refractivity contribution in [2.45, 2.75) is 6.42 Å². The third kappa shape index (κ3) is 1.66. The van der Waals surface area contributed by atoms with Gasteiger partial charge in [-0.25, -0.2) is 0 Å². The fourth-order valence-electron chi connectivity index (χ4n) is 1.81. The van der Waals surface area contributed by atoms with Gasteiger partial charge in [-0.2, -0.15) is 0 Å². The first-order valence-electron chi connectivity index (χ1n) is 5.03. The lowest BCUT2D eigenvalue weighted by molar-refractivity contribution is 0.340. The second kappa shape index (κ2) is 3.57. The molecule has 3 rings (SSSR count). The highest BCUT2D eigenvalue weighted by atomic mass is 79.9. The van der Waals surface area contributed by atoms with Crippen LogP contribution in [0.2, 0.25) is 0 Å². The van der Waals surface area contributed by atoms with E-state index in [1.54, 1.807) is 0 Å². The molecular weight excluding hydrogens is 256 g/mol. The van der Waals surface area contributed by atoms with Gasteiger partial charge in [0.25, 0.3) is 0 Å². The van der Waals surface area contributed by atoms with Crippen molar-refractivity contribution in [3.8, 4) is 0 Å². The molecule has 2 aromatic rings. The molecule has 78 valence electrons. The van der Waals surface area contributed by atoms with E-state index in [4.69, 9.17) is 0 Å². The Labute approximate surface area is 95.8 Å². The number of halogens is 1. The summed E-state index contributed by atoms with van der Waals surface area (Å²) in [4.78, 5) is 0. The molecule has 1 fully saturated rings. The van der Waals surface area contributed by atoms with Crippen LogP contribution in [0.1, 0.15) is 5.82 Å². The highest BCUT2D eigenvalue weighted by Gasteiger charge is 2.19. The number of aromatic nitrogens is 3. The fourth-order valence-corrected chi connectivity index (χ4v) is 2.13. The zero-order chi connectivity index (χ0) is 10.3. The average molecular weight is 267 g/mol. The van der Waals surface area contributed by atoms with Gasteiger partial charge in [0.2, 0.25) is 0 Å². The van der Waals surface area contributed by atoms with E-state index >= 15 is 0 Å². The van der Waals surface area contributed by atoms with E-state index in [1.807, 2.05) is 18.3 Å². The van der Waals surface area contributed by atoms with Crippen LogP contribution in [-0.4, -0.2) is 27.7 Å². The van der Waals surface area contributed by atoms with E-state index in [9.17, 15) is 0 Å². The molecular formula is C10H11BrN4. The smallest absolute Gasteiger partial charge is 0.161 e.